The molecule has 0 bridgehead atoms. The van der Waals surface area contributed by atoms with Crippen LogP contribution in [0.3, 0.4) is 0 Å². The van der Waals surface area contributed by atoms with Gasteiger partial charge in [-0.25, -0.2) is 4.39 Å². The molecular formula is C14H17ClFN3O2. The van der Waals surface area contributed by atoms with Crippen molar-refractivity contribution in [2.75, 3.05) is 13.7 Å². The third-order valence-corrected chi connectivity index (χ3v) is 3.42. The normalized spacial score (nSPS) is 12.6. The van der Waals surface area contributed by atoms with E-state index in [4.69, 9.17) is 26.6 Å². The van der Waals surface area contributed by atoms with Crippen molar-refractivity contribution in [3.63, 3.8) is 0 Å². The van der Waals surface area contributed by atoms with E-state index in [9.17, 15) is 4.39 Å². The lowest BCUT2D eigenvalue weighted by Crippen LogP contribution is -2.11. The Kier molecular flexibility index (Phi) is 5.67. The van der Waals surface area contributed by atoms with Gasteiger partial charge < -0.3 is 15.0 Å². The Bertz CT molecular complexity index is 571. The zero-order valence-corrected chi connectivity index (χ0v) is 12.4. The number of nitrogens with two attached hydrogens (primary N) is 1. The van der Waals surface area contributed by atoms with Gasteiger partial charge in [0, 0.05) is 30.7 Å². The van der Waals surface area contributed by atoms with Gasteiger partial charge in [0.25, 0.3) is 0 Å². The molecule has 2 rings (SSSR count). The zero-order chi connectivity index (χ0) is 15.2. The summed E-state index contributed by atoms with van der Waals surface area (Å²) in [4.78, 5) is 4.20. The number of hydrogen-bond acceptors (Lipinski definition) is 5. The molecule has 0 fully saturated rings. The first-order valence-corrected chi connectivity index (χ1v) is 6.99. The summed E-state index contributed by atoms with van der Waals surface area (Å²) >= 11 is 5.97. The van der Waals surface area contributed by atoms with Crippen molar-refractivity contribution < 1.29 is 13.7 Å². The highest BCUT2D eigenvalue weighted by Crippen LogP contribution is 2.22. The summed E-state index contributed by atoms with van der Waals surface area (Å²) in [5, 5.41) is 4.16. The fourth-order valence-electron chi connectivity index (χ4n) is 1.92. The summed E-state index contributed by atoms with van der Waals surface area (Å²) in [5.74, 6) is 0.311. The van der Waals surface area contributed by atoms with E-state index in [-0.39, 0.29) is 12.5 Å². The quantitative estimate of drug-likeness (QED) is 0.796. The van der Waals surface area contributed by atoms with E-state index in [1.165, 1.54) is 6.07 Å². The minimum absolute atomic E-state index is 0.166. The Morgan fingerprint density at radius 1 is 1.48 bits per heavy atom. The number of ether oxygens (including phenoxy) is 1. The molecular weight excluding hydrogens is 297 g/mol. The molecule has 0 saturated heterocycles. The minimum atomic E-state index is -0.391. The lowest BCUT2D eigenvalue weighted by atomic mass is 10.1. The summed E-state index contributed by atoms with van der Waals surface area (Å²) in [6.07, 6.45) is 1.64. The Balaban J connectivity index is 2.03. The third kappa shape index (κ3) is 4.23. The number of methoxy groups -OCH3 is 1. The maximum atomic E-state index is 13.7. The topological polar surface area (TPSA) is 74.2 Å². The van der Waals surface area contributed by atoms with E-state index >= 15 is 0 Å². The molecule has 1 aromatic heterocycles. The summed E-state index contributed by atoms with van der Waals surface area (Å²) in [6.45, 7) is 0.625. The van der Waals surface area contributed by atoms with Crippen LogP contribution in [0.25, 0.3) is 0 Å². The molecule has 0 aliphatic carbocycles. The lowest BCUT2D eigenvalue weighted by molar-refractivity contribution is 0.188. The van der Waals surface area contributed by atoms with Crippen molar-refractivity contribution >= 4 is 11.6 Å². The maximum Gasteiger partial charge on any atom is 0.243 e. The van der Waals surface area contributed by atoms with Gasteiger partial charge in [-0.1, -0.05) is 22.8 Å². The first kappa shape index (κ1) is 15.9. The summed E-state index contributed by atoms with van der Waals surface area (Å²) < 4.78 is 23.8. The molecule has 1 heterocycles. The van der Waals surface area contributed by atoms with Crippen LogP contribution >= 0.6 is 11.6 Å². The Morgan fingerprint density at radius 3 is 3.00 bits per heavy atom. The number of benzene rings is 1. The van der Waals surface area contributed by atoms with Gasteiger partial charge in [0.05, 0.1) is 6.04 Å². The van der Waals surface area contributed by atoms with Crippen LogP contribution in [-0.2, 0) is 11.2 Å². The molecule has 0 spiro atoms. The molecule has 0 saturated carbocycles. The van der Waals surface area contributed by atoms with Gasteiger partial charge in [0.2, 0.25) is 5.89 Å². The molecule has 0 amide bonds. The molecule has 0 radical (unpaired) electrons. The van der Waals surface area contributed by atoms with Crippen molar-refractivity contribution in [3.8, 4) is 0 Å². The summed E-state index contributed by atoms with van der Waals surface area (Å²) in [7, 11) is 1.63. The molecule has 2 aromatic rings. The Morgan fingerprint density at radius 2 is 2.29 bits per heavy atom. The van der Waals surface area contributed by atoms with Crippen LogP contribution in [0, 0.1) is 5.82 Å². The van der Waals surface area contributed by atoms with Crippen LogP contribution in [0.5, 0.6) is 0 Å². The zero-order valence-electron chi connectivity index (χ0n) is 11.7. The molecule has 1 aromatic carbocycles. The number of hydrogen-bond donors (Lipinski definition) is 1. The number of aromatic nitrogens is 2. The van der Waals surface area contributed by atoms with Crippen molar-refractivity contribution in [2.24, 2.45) is 5.73 Å². The number of nitrogens with zero attached hydrogens (tertiary/aromatic N) is 2. The van der Waals surface area contributed by atoms with E-state index < -0.39 is 5.82 Å². The largest absolute Gasteiger partial charge is 0.385 e. The number of rotatable bonds is 7. The molecule has 5 nitrogen and oxygen atoms in total. The highest BCUT2D eigenvalue weighted by molar-refractivity contribution is 6.31. The van der Waals surface area contributed by atoms with E-state index in [0.717, 1.165) is 6.42 Å². The second-order valence-corrected chi connectivity index (χ2v) is 5.07. The maximum absolute atomic E-state index is 13.7. The Labute approximate surface area is 127 Å². The van der Waals surface area contributed by atoms with Gasteiger partial charge in [-0.2, -0.15) is 4.98 Å². The fourth-order valence-corrected chi connectivity index (χ4v) is 2.15. The second-order valence-electron chi connectivity index (χ2n) is 4.67. The van der Waals surface area contributed by atoms with Crippen molar-refractivity contribution in [1.82, 2.24) is 10.1 Å². The van der Waals surface area contributed by atoms with Gasteiger partial charge >= 0.3 is 0 Å². The first-order valence-electron chi connectivity index (χ1n) is 6.61. The number of halogens is 2. The van der Waals surface area contributed by atoms with Crippen LogP contribution in [-0.4, -0.2) is 23.9 Å². The highest BCUT2D eigenvalue weighted by atomic mass is 35.5. The molecule has 2 N–H and O–H groups in total. The molecule has 1 atom stereocenters. The van der Waals surface area contributed by atoms with E-state index in [1.807, 2.05) is 0 Å². The van der Waals surface area contributed by atoms with Crippen LogP contribution < -0.4 is 5.73 Å². The van der Waals surface area contributed by atoms with Gasteiger partial charge in [-0.15, -0.1) is 0 Å². The van der Waals surface area contributed by atoms with Gasteiger partial charge in [-0.3, -0.25) is 0 Å². The SMILES string of the molecule is COCCCC(N)c1nc(Cc2c(F)cccc2Cl)no1. The first-order chi connectivity index (χ1) is 10.1. The van der Waals surface area contributed by atoms with Gasteiger partial charge in [0.15, 0.2) is 5.82 Å². The average Bonchev–Trinajstić information content (AvgIpc) is 2.92. The fraction of sp³-hybridized carbons (Fsp3) is 0.429. The molecule has 7 heteroatoms. The monoisotopic (exact) mass is 313 g/mol. The highest BCUT2D eigenvalue weighted by Gasteiger charge is 2.16. The van der Waals surface area contributed by atoms with Crippen LogP contribution in [0.1, 0.15) is 36.2 Å². The average molecular weight is 314 g/mol. The van der Waals surface area contributed by atoms with Crippen LogP contribution in [0.15, 0.2) is 22.7 Å². The van der Waals surface area contributed by atoms with Crippen molar-refractivity contribution in [3.05, 3.63) is 46.3 Å². The molecule has 0 aliphatic rings. The van der Waals surface area contributed by atoms with Gasteiger partial charge in [-0.05, 0) is 25.0 Å². The lowest BCUT2D eigenvalue weighted by Gasteiger charge is -2.05. The van der Waals surface area contributed by atoms with Crippen molar-refractivity contribution in [2.45, 2.75) is 25.3 Å². The third-order valence-electron chi connectivity index (χ3n) is 3.06. The van der Waals surface area contributed by atoms with Gasteiger partial charge in [0.1, 0.15) is 5.82 Å². The molecule has 21 heavy (non-hydrogen) atoms. The van der Waals surface area contributed by atoms with E-state index in [2.05, 4.69) is 10.1 Å². The predicted octanol–water partition coefficient (Wildman–Crippen LogP) is 2.88. The Hall–Kier alpha value is -1.50. The van der Waals surface area contributed by atoms with E-state index in [1.54, 1.807) is 19.2 Å². The van der Waals surface area contributed by atoms with E-state index in [0.29, 0.717) is 35.3 Å². The molecule has 1 unspecified atom stereocenters. The smallest absolute Gasteiger partial charge is 0.243 e. The van der Waals surface area contributed by atoms with Crippen molar-refractivity contribution in [1.29, 1.82) is 0 Å². The summed E-state index contributed by atoms with van der Waals surface area (Å²) in [5.41, 5.74) is 6.30. The molecule has 0 aliphatic heterocycles. The van der Waals surface area contributed by atoms with Crippen LogP contribution in [0.2, 0.25) is 5.02 Å². The predicted molar refractivity (Wildman–Crippen MR) is 76.6 cm³/mol. The summed E-state index contributed by atoms with van der Waals surface area (Å²) in [6, 6.07) is 4.17. The standard InChI is InChI=1S/C14H17ClFN3O2/c1-20-7-3-6-12(17)14-18-13(19-21-14)8-9-10(15)4-2-5-11(9)16/h2,4-5,12H,3,6-8,17H2,1H3. The van der Waals surface area contributed by atoms with Crippen LogP contribution in [0.4, 0.5) is 4.39 Å². The minimum Gasteiger partial charge on any atom is -0.385 e. The molecule has 114 valence electrons. The second kappa shape index (κ2) is 7.49.